The maximum atomic E-state index is 12.7. The number of thioether (sulfide) groups is 1. The number of hydrogen-bond acceptors (Lipinski definition) is 5. The molecule has 7 heteroatoms. The zero-order chi connectivity index (χ0) is 18.4. The number of hydrogen-bond donors (Lipinski definition) is 0. The minimum atomic E-state index is 0.0565. The average Bonchev–Trinajstić information content (AvgIpc) is 2.69. The molecule has 0 saturated carbocycles. The van der Waals surface area contributed by atoms with E-state index in [-0.39, 0.29) is 11.8 Å². The molecule has 0 atom stereocenters. The Hall–Kier alpha value is -1.57. The highest BCUT2D eigenvalue weighted by Crippen LogP contribution is 2.14. The fourth-order valence-corrected chi connectivity index (χ4v) is 3.83. The number of rotatable bonds is 5. The largest absolute Gasteiger partial charge is 0.379 e. The van der Waals surface area contributed by atoms with Gasteiger partial charge in [-0.15, -0.1) is 0 Å². The number of carbonyl (C=O) groups is 2. The Morgan fingerprint density at radius 1 is 0.962 bits per heavy atom. The Morgan fingerprint density at radius 3 is 2.19 bits per heavy atom. The summed E-state index contributed by atoms with van der Waals surface area (Å²) in [4.78, 5) is 31.0. The third-order valence-electron chi connectivity index (χ3n) is 4.89. The molecule has 0 aromatic heterocycles. The van der Waals surface area contributed by atoms with Crippen LogP contribution in [0.1, 0.15) is 15.9 Å². The van der Waals surface area contributed by atoms with E-state index >= 15 is 0 Å². The predicted octanol–water partition coefficient (Wildman–Crippen LogP) is 1.17. The van der Waals surface area contributed by atoms with Crippen molar-refractivity contribution in [2.75, 3.05) is 65.3 Å². The van der Waals surface area contributed by atoms with Gasteiger partial charge >= 0.3 is 0 Å². The second kappa shape index (κ2) is 9.39. The maximum absolute atomic E-state index is 12.7. The van der Waals surface area contributed by atoms with Gasteiger partial charge in [0.1, 0.15) is 0 Å². The third kappa shape index (κ3) is 4.99. The molecular weight excluding hydrogens is 350 g/mol. The van der Waals surface area contributed by atoms with Crippen LogP contribution in [0.2, 0.25) is 0 Å². The van der Waals surface area contributed by atoms with Gasteiger partial charge in [0, 0.05) is 50.6 Å². The van der Waals surface area contributed by atoms with Gasteiger partial charge in [0.2, 0.25) is 5.91 Å². The first kappa shape index (κ1) is 19.2. The van der Waals surface area contributed by atoms with Crippen LogP contribution in [0.5, 0.6) is 0 Å². The summed E-state index contributed by atoms with van der Waals surface area (Å²) in [6, 6.07) is 7.85. The van der Waals surface area contributed by atoms with Crippen LogP contribution in [0.25, 0.3) is 0 Å². The Balaban J connectivity index is 1.47. The summed E-state index contributed by atoms with van der Waals surface area (Å²) < 4.78 is 5.32. The van der Waals surface area contributed by atoms with Gasteiger partial charge in [0.15, 0.2) is 0 Å². The zero-order valence-electron chi connectivity index (χ0n) is 15.4. The molecule has 0 aliphatic carbocycles. The number of piperazine rings is 1. The molecule has 2 aliphatic heterocycles. The van der Waals surface area contributed by atoms with E-state index in [0.717, 1.165) is 24.4 Å². The molecule has 2 saturated heterocycles. The second-order valence-electron chi connectivity index (χ2n) is 6.69. The Labute approximate surface area is 159 Å². The molecule has 2 fully saturated rings. The van der Waals surface area contributed by atoms with Crippen LogP contribution in [-0.2, 0) is 15.3 Å². The quantitative estimate of drug-likeness (QED) is 0.771. The van der Waals surface area contributed by atoms with Gasteiger partial charge in [-0.2, -0.15) is 11.8 Å². The van der Waals surface area contributed by atoms with E-state index in [1.165, 1.54) is 5.56 Å². The van der Waals surface area contributed by atoms with Crippen LogP contribution in [0.3, 0.4) is 0 Å². The molecule has 0 radical (unpaired) electrons. The minimum absolute atomic E-state index is 0.0565. The van der Waals surface area contributed by atoms with E-state index in [4.69, 9.17) is 4.74 Å². The van der Waals surface area contributed by atoms with Gasteiger partial charge in [0.25, 0.3) is 5.91 Å². The van der Waals surface area contributed by atoms with Crippen LogP contribution in [0.4, 0.5) is 0 Å². The van der Waals surface area contributed by atoms with Gasteiger partial charge in [-0.1, -0.05) is 12.1 Å². The highest BCUT2D eigenvalue weighted by atomic mass is 32.2. The van der Waals surface area contributed by atoms with E-state index in [1.807, 2.05) is 34.1 Å². The van der Waals surface area contributed by atoms with Crippen LogP contribution < -0.4 is 0 Å². The second-order valence-corrected chi connectivity index (χ2v) is 7.56. The van der Waals surface area contributed by atoms with E-state index < -0.39 is 0 Å². The fraction of sp³-hybridized carbons (Fsp3) is 0.579. The van der Waals surface area contributed by atoms with Crippen LogP contribution in [0.15, 0.2) is 24.3 Å². The van der Waals surface area contributed by atoms with Gasteiger partial charge in [-0.3, -0.25) is 14.5 Å². The molecule has 2 heterocycles. The summed E-state index contributed by atoms with van der Waals surface area (Å²) in [5.74, 6) is 1.17. The van der Waals surface area contributed by atoms with Gasteiger partial charge in [-0.25, -0.2) is 0 Å². The predicted molar refractivity (Wildman–Crippen MR) is 103 cm³/mol. The maximum Gasteiger partial charge on any atom is 0.253 e. The minimum Gasteiger partial charge on any atom is -0.379 e. The SMILES string of the molecule is CSCc1ccc(C(=O)N2CCN(C(=O)CN3CCOCC3)CC2)cc1. The molecule has 6 nitrogen and oxygen atoms in total. The van der Waals surface area contributed by atoms with E-state index in [2.05, 4.69) is 11.2 Å². The third-order valence-corrected chi connectivity index (χ3v) is 5.52. The van der Waals surface area contributed by atoms with Gasteiger partial charge in [-0.05, 0) is 24.0 Å². The van der Waals surface area contributed by atoms with Crippen molar-refractivity contribution in [2.24, 2.45) is 0 Å². The van der Waals surface area contributed by atoms with Gasteiger partial charge in [0.05, 0.1) is 19.8 Å². The standard InChI is InChI=1S/C19H27N3O3S/c1-26-15-16-2-4-17(5-3-16)19(24)22-8-6-21(7-9-22)18(23)14-20-10-12-25-13-11-20/h2-5H,6-15H2,1H3. The first-order valence-electron chi connectivity index (χ1n) is 9.12. The molecular formula is C19H27N3O3S. The van der Waals surface area contributed by atoms with Crippen molar-refractivity contribution >= 4 is 23.6 Å². The number of ether oxygens (including phenoxy) is 1. The number of morpholine rings is 1. The lowest BCUT2D eigenvalue weighted by atomic mass is 10.1. The van der Waals surface area contributed by atoms with E-state index in [9.17, 15) is 9.59 Å². The summed E-state index contributed by atoms with van der Waals surface area (Å²) in [6.45, 7) is 5.90. The molecule has 0 spiro atoms. The lowest BCUT2D eigenvalue weighted by Crippen LogP contribution is -2.53. The molecule has 2 aliphatic rings. The summed E-state index contributed by atoms with van der Waals surface area (Å²) in [6.07, 6.45) is 2.07. The molecule has 0 unspecified atom stereocenters. The smallest absolute Gasteiger partial charge is 0.253 e. The van der Waals surface area contributed by atoms with Crippen molar-refractivity contribution in [3.63, 3.8) is 0 Å². The lowest BCUT2D eigenvalue weighted by Gasteiger charge is -2.36. The van der Waals surface area contributed by atoms with Crippen molar-refractivity contribution < 1.29 is 14.3 Å². The zero-order valence-corrected chi connectivity index (χ0v) is 16.2. The number of amides is 2. The molecule has 142 valence electrons. The monoisotopic (exact) mass is 377 g/mol. The lowest BCUT2D eigenvalue weighted by molar-refractivity contribution is -0.134. The van der Waals surface area contributed by atoms with Crippen LogP contribution in [-0.4, -0.2) is 91.8 Å². The van der Waals surface area contributed by atoms with E-state index in [0.29, 0.717) is 45.9 Å². The number of benzene rings is 1. The van der Waals surface area contributed by atoms with Crippen molar-refractivity contribution in [1.82, 2.24) is 14.7 Å². The number of nitrogens with zero attached hydrogens (tertiary/aromatic N) is 3. The molecule has 1 aromatic carbocycles. The Morgan fingerprint density at radius 2 is 1.58 bits per heavy atom. The molecule has 26 heavy (non-hydrogen) atoms. The molecule has 0 N–H and O–H groups in total. The Kier molecular flexibility index (Phi) is 6.93. The highest BCUT2D eigenvalue weighted by molar-refractivity contribution is 7.97. The van der Waals surface area contributed by atoms with Crippen LogP contribution >= 0.6 is 11.8 Å². The topological polar surface area (TPSA) is 53.1 Å². The Bertz CT molecular complexity index is 609. The average molecular weight is 378 g/mol. The summed E-state index contributed by atoms with van der Waals surface area (Å²) in [7, 11) is 0. The molecule has 0 bridgehead atoms. The van der Waals surface area contributed by atoms with Crippen LogP contribution in [0, 0.1) is 0 Å². The van der Waals surface area contributed by atoms with Crippen molar-refractivity contribution in [3.8, 4) is 0 Å². The summed E-state index contributed by atoms with van der Waals surface area (Å²) in [5.41, 5.74) is 1.95. The molecule has 1 aromatic rings. The highest BCUT2D eigenvalue weighted by Gasteiger charge is 2.26. The van der Waals surface area contributed by atoms with Crippen molar-refractivity contribution in [2.45, 2.75) is 5.75 Å². The van der Waals surface area contributed by atoms with Crippen molar-refractivity contribution in [3.05, 3.63) is 35.4 Å². The van der Waals surface area contributed by atoms with E-state index in [1.54, 1.807) is 11.8 Å². The summed E-state index contributed by atoms with van der Waals surface area (Å²) >= 11 is 1.77. The normalized spacial score (nSPS) is 18.8. The van der Waals surface area contributed by atoms with Crippen molar-refractivity contribution in [1.29, 1.82) is 0 Å². The number of carbonyl (C=O) groups excluding carboxylic acids is 2. The first-order valence-corrected chi connectivity index (χ1v) is 10.5. The molecule has 3 rings (SSSR count). The molecule has 2 amide bonds. The first-order chi connectivity index (χ1) is 12.7. The van der Waals surface area contributed by atoms with Gasteiger partial charge < -0.3 is 14.5 Å². The summed E-state index contributed by atoms with van der Waals surface area (Å²) in [5, 5.41) is 0. The fourth-order valence-electron chi connectivity index (χ4n) is 3.30.